The quantitative estimate of drug-likeness (QED) is 0.645. The predicted molar refractivity (Wildman–Crippen MR) is 71.4 cm³/mol. The molecule has 3 nitrogen and oxygen atoms in total. The molecule has 0 fully saturated rings. The van der Waals surface area contributed by atoms with Crippen molar-refractivity contribution in [3.05, 3.63) is 28.2 Å². The summed E-state index contributed by atoms with van der Waals surface area (Å²) in [5, 5.41) is 0. The van der Waals surface area contributed by atoms with E-state index in [0.29, 0.717) is 0 Å². The van der Waals surface area contributed by atoms with Gasteiger partial charge in [0.05, 0.1) is 0 Å². The monoisotopic (exact) mass is 286 g/mol. The van der Waals surface area contributed by atoms with E-state index in [1.807, 2.05) is 12.1 Å². The zero-order chi connectivity index (χ0) is 12.0. The maximum Gasteiger partial charge on any atom is 0.0474 e. The van der Waals surface area contributed by atoms with Gasteiger partial charge < -0.3 is 15.4 Å². The van der Waals surface area contributed by atoms with Crippen molar-refractivity contribution in [2.24, 2.45) is 0 Å². The van der Waals surface area contributed by atoms with E-state index in [0.717, 1.165) is 36.3 Å². The van der Waals surface area contributed by atoms with Crippen LogP contribution >= 0.6 is 15.9 Å². The number of ether oxygens (including phenoxy) is 1. The van der Waals surface area contributed by atoms with Crippen LogP contribution in [-0.4, -0.2) is 32.2 Å². The highest BCUT2D eigenvalue weighted by Gasteiger charge is 2.04. The van der Waals surface area contributed by atoms with Crippen LogP contribution in [0.25, 0.3) is 0 Å². The van der Waals surface area contributed by atoms with Gasteiger partial charge in [0, 0.05) is 37.0 Å². The lowest BCUT2D eigenvalue weighted by Gasteiger charge is -2.17. The second kappa shape index (κ2) is 6.89. The molecule has 0 atom stereocenters. The first-order valence-electron chi connectivity index (χ1n) is 5.35. The number of benzene rings is 1. The molecule has 0 spiro atoms. The Morgan fingerprint density at radius 3 is 2.81 bits per heavy atom. The summed E-state index contributed by atoms with van der Waals surface area (Å²) in [5.74, 6) is 0. The third-order valence-corrected chi connectivity index (χ3v) is 2.93. The van der Waals surface area contributed by atoms with Crippen LogP contribution in [0.2, 0.25) is 0 Å². The number of nitrogens with two attached hydrogens (primary N) is 1. The van der Waals surface area contributed by atoms with Crippen molar-refractivity contribution in [3.63, 3.8) is 0 Å². The maximum atomic E-state index is 5.94. The first-order chi connectivity index (χ1) is 7.63. The zero-order valence-corrected chi connectivity index (χ0v) is 11.5. The van der Waals surface area contributed by atoms with Crippen molar-refractivity contribution < 1.29 is 4.74 Å². The Morgan fingerprint density at radius 2 is 2.19 bits per heavy atom. The third kappa shape index (κ3) is 4.51. The van der Waals surface area contributed by atoms with Gasteiger partial charge in [-0.3, -0.25) is 0 Å². The summed E-state index contributed by atoms with van der Waals surface area (Å²) in [6, 6.07) is 6.03. The third-order valence-electron chi connectivity index (χ3n) is 2.44. The SMILES string of the molecule is COCCCN(C)Cc1ccc(Br)cc1N. The second-order valence-corrected chi connectivity index (χ2v) is 4.84. The summed E-state index contributed by atoms with van der Waals surface area (Å²) in [7, 11) is 3.82. The molecule has 1 aromatic carbocycles. The van der Waals surface area contributed by atoms with Crippen molar-refractivity contribution >= 4 is 21.6 Å². The summed E-state index contributed by atoms with van der Waals surface area (Å²) >= 11 is 3.40. The Bertz CT molecular complexity index is 331. The molecule has 0 aliphatic rings. The van der Waals surface area contributed by atoms with Gasteiger partial charge in [0.1, 0.15) is 0 Å². The summed E-state index contributed by atoms with van der Waals surface area (Å²) in [5.41, 5.74) is 7.95. The topological polar surface area (TPSA) is 38.5 Å². The molecular formula is C12H19BrN2O. The predicted octanol–water partition coefficient (Wildman–Crippen LogP) is 2.50. The van der Waals surface area contributed by atoms with Gasteiger partial charge in [-0.15, -0.1) is 0 Å². The van der Waals surface area contributed by atoms with Crippen LogP contribution in [-0.2, 0) is 11.3 Å². The van der Waals surface area contributed by atoms with Crippen LogP contribution in [0.4, 0.5) is 5.69 Å². The normalized spacial score (nSPS) is 11.0. The lowest BCUT2D eigenvalue weighted by atomic mass is 10.1. The number of rotatable bonds is 6. The molecule has 4 heteroatoms. The number of nitrogen functional groups attached to an aromatic ring is 1. The van der Waals surface area contributed by atoms with Crippen LogP contribution in [0, 0.1) is 0 Å². The molecule has 0 saturated carbocycles. The van der Waals surface area contributed by atoms with Crippen molar-refractivity contribution in [3.8, 4) is 0 Å². The van der Waals surface area contributed by atoms with Gasteiger partial charge in [0.15, 0.2) is 0 Å². The van der Waals surface area contributed by atoms with E-state index in [4.69, 9.17) is 10.5 Å². The fraction of sp³-hybridized carbons (Fsp3) is 0.500. The molecule has 1 rings (SSSR count). The fourth-order valence-electron chi connectivity index (χ4n) is 1.56. The minimum Gasteiger partial charge on any atom is -0.398 e. The van der Waals surface area contributed by atoms with E-state index >= 15 is 0 Å². The van der Waals surface area contributed by atoms with Gasteiger partial charge in [0.25, 0.3) is 0 Å². The minimum atomic E-state index is 0.806. The molecule has 0 amide bonds. The highest BCUT2D eigenvalue weighted by Crippen LogP contribution is 2.19. The average Bonchev–Trinajstić information content (AvgIpc) is 2.23. The Kier molecular flexibility index (Phi) is 5.80. The Labute approximate surface area is 106 Å². The summed E-state index contributed by atoms with van der Waals surface area (Å²) in [6.07, 6.45) is 1.05. The average molecular weight is 287 g/mol. The lowest BCUT2D eigenvalue weighted by molar-refractivity contribution is 0.178. The molecule has 0 unspecified atom stereocenters. The van der Waals surface area contributed by atoms with E-state index in [9.17, 15) is 0 Å². The molecule has 0 aliphatic heterocycles. The maximum absolute atomic E-state index is 5.94. The largest absolute Gasteiger partial charge is 0.398 e. The van der Waals surface area contributed by atoms with Crippen LogP contribution < -0.4 is 5.73 Å². The summed E-state index contributed by atoms with van der Waals surface area (Å²) < 4.78 is 6.05. The minimum absolute atomic E-state index is 0.806. The standard InChI is InChI=1S/C12H19BrN2O/c1-15(6-3-7-16-2)9-10-4-5-11(13)8-12(10)14/h4-5,8H,3,6-7,9,14H2,1-2H3. The van der Waals surface area contributed by atoms with Crippen molar-refractivity contribution in [2.45, 2.75) is 13.0 Å². The van der Waals surface area contributed by atoms with E-state index in [1.54, 1.807) is 7.11 Å². The first-order valence-corrected chi connectivity index (χ1v) is 6.14. The number of hydrogen-bond donors (Lipinski definition) is 1. The number of methoxy groups -OCH3 is 1. The molecule has 0 aliphatic carbocycles. The molecule has 0 heterocycles. The Morgan fingerprint density at radius 1 is 1.44 bits per heavy atom. The first kappa shape index (κ1) is 13.5. The highest BCUT2D eigenvalue weighted by atomic mass is 79.9. The number of halogens is 1. The second-order valence-electron chi connectivity index (χ2n) is 3.93. The fourth-order valence-corrected chi connectivity index (χ4v) is 1.94. The molecule has 0 bridgehead atoms. The highest BCUT2D eigenvalue weighted by molar-refractivity contribution is 9.10. The molecule has 16 heavy (non-hydrogen) atoms. The molecule has 0 aromatic heterocycles. The van der Waals surface area contributed by atoms with E-state index in [1.165, 1.54) is 5.56 Å². The number of nitrogens with zero attached hydrogens (tertiary/aromatic N) is 1. The van der Waals surface area contributed by atoms with E-state index < -0.39 is 0 Å². The van der Waals surface area contributed by atoms with Crippen molar-refractivity contribution in [1.29, 1.82) is 0 Å². The number of anilines is 1. The Balaban J connectivity index is 2.46. The molecule has 0 saturated heterocycles. The molecule has 0 radical (unpaired) electrons. The van der Waals surface area contributed by atoms with Crippen LogP contribution in [0.15, 0.2) is 22.7 Å². The molecule has 2 N–H and O–H groups in total. The number of hydrogen-bond acceptors (Lipinski definition) is 3. The van der Waals surface area contributed by atoms with Crippen molar-refractivity contribution in [2.75, 3.05) is 33.0 Å². The molecular weight excluding hydrogens is 268 g/mol. The van der Waals surface area contributed by atoms with Gasteiger partial charge in [-0.1, -0.05) is 22.0 Å². The van der Waals surface area contributed by atoms with Gasteiger partial charge in [-0.05, 0) is 31.2 Å². The van der Waals surface area contributed by atoms with Gasteiger partial charge in [-0.2, -0.15) is 0 Å². The van der Waals surface area contributed by atoms with Crippen LogP contribution in [0.3, 0.4) is 0 Å². The Hall–Kier alpha value is -0.580. The lowest BCUT2D eigenvalue weighted by Crippen LogP contribution is -2.20. The molecule has 1 aromatic rings. The zero-order valence-electron chi connectivity index (χ0n) is 9.87. The van der Waals surface area contributed by atoms with Crippen LogP contribution in [0.5, 0.6) is 0 Å². The van der Waals surface area contributed by atoms with Gasteiger partial charge in [-0.25, -0.2) is 0 Å². The van der Waals surface area contributed by atoms with Crippen molar-refractivity contribution in [1.82, 2.24) is 4.90 Å². The molecule has 90 valence electrons. The van der Waals surface area contributed by atoms with Crippen LogP contribution in [0.1, 0.15) is 12.0 Å². The van der Waals surface area contributed by atoms with E-state index in [-0.39, 0.29) is 0 Å². The summed E-state index contributed by atoms with van der Waals surface area (Å²) in [4.78, 5) is 2.25. The van der Waals surface area contributed by atoms with Gasteiger partial charge in [0.2, 0.25) is 0 Å². The van der Waals surface area contributed by atoms with E-state index in [2.05, 4.69) is 33.9 Å². The van der Waals surface area contributed by atoms with Gasteiger partial charge >= 0.3 is 0 Å². The smallest absolute Gasteiger partial charge is 0.0474 e. The summed E-state index contributed by atoms with van der Waals surface area (Å²) in [6.45, 7) is 2.70.